The molecule has 0 aliphatic heterocycles. The van der Waals surface area contributed by atoms with Crippen LogP contribution in [0.2, 0.25) is 0 Å². The summed E-state index contributed by atoms with van der Waals surface area (Å²) in [5.41, 5.74) is 1.86. The molecule has 2 rings (SSSR count). The number of hydrogen-bond donors (Lipinski definition) is 0. The Bertz CT molecular complexity index is 440. The van der Waals surface area contributed by atoms with Crippen LogP contribution in [0.3, 0.4) is 0 Å². The van der Waals surface area contributed by atoms with Crippen LogP contribution in [0, 0.1) is 6.92 Å². The molecule has 0 unspecified atom stereocenters. The van der Waals surface area contributed by atoms with Crippen molar-refractivity contribution in [1.29, 1.82) is 0 Å². The normalized spacial score (nSPS) is 10.5. The molecule has 1 heterocycles. The number of benzene rings is 1. The maximum absolute atomic E-state index is 10.4. The number of aldehydes is 1. The molecule has 2 aromatic rings. The Kier molecular flexibility index (Phi) is 1.89. The standard InChI is InChI=1S/C11H10O2/c1-8-9(6-7-12)10-4-2-3-5-11(10)13-8/h2-5,7H,6H2,1H3. The number of carbonyl (C=O) groups excluding carboxylic acids is 1. The predicted molar refractivity (Wildman–Crippen MR) is 50.7 cm³/mol. The van der Waals surface area contributed by atoms with Crippen LogP contribution in [0.15, 0.2) is 28.7 Å². The van der Waals surface area contributed by atoms with Gasteiger partial charge >= 0.3 is 0 Å². The van der Waals surface area contributed by atoms with E-state index < -0.39 is 0 Å². The smallest absolute Gasteiger partial charge is 0.134 e. The van der Waals surface area contributed by atoms with E-state index in [0.29, 0.717) is 6.42 Å². The highest BCUT2D eigenvalue weighted by Crippen LogP contribution is 2.24. The zero-order valence-electron chi connectivity index (χ0n) is 7.41. The third-order valence-corrected chi connectivity index (χ3v) is 2.19. The molecule has 0 bridgehead atoms. The van der Waals surface area contributed by atoms with Gasteiger partial charge in [-0.2, -0.15) is 0 Å². The van der Waals surface area contributed by atoms with Crippen molar-refractivity contribution in [3.05, 3.63) is 35.6 Å². The number of rotatable bonds is 2. The van der Waals surface area contributed by atoms with Crippen LogP contribution in [-0.4, -0.2) is 6.29 Å². The number of carbonyl (C=O) groups is 1. The van der Waals surface area contributed by atoms with Crippen molar-refractivity contribution in [2.45, 2.75) is 13.3 Å². The molecule has 2 heteroatoms. The first-order valence-corrected chi connectivity index (χ1v) is 4.23. The fraction of sp³-hybridized carbons (Fsp3) is 0.182. The molecule has 0 fully saturated rings. The quantitative estimate of drug-likeness (QED) is 0.655. The van der Waals surface area contributed by atoms with Crippen molar-refractivity contribution in [3.63, 3.8) is 0 Å². The summed E-state index contributed by atoms with van der Waals surface area (Å²) >= 11 is 0. The number of hydrogen-bond acceptors (Lipinski definition) is 2. The average molecular weight is 174 g/mol. The minimum absolute atomic E-state index is 0.433. The van der Waals surface area contributed by atoms with Crippen LogP contribution in [-0.2, 0) is 11.2 Å². The molecule has 0 radical (unpaired) electrons. The van der Waals surface area contributed by atoms with Crippen molar-refractivity contribution >= 4 is 17.3 Å². The largest absolute Gasteiger partial charge is 0.461 e. The third kappa shape index (κ3) is 1.24. The molecular formula is C11H10O2. The summed E-state index contributed by atoms with van der Waals surface area (Å²) in [6.45, 7) is 1.89. The Labute approximate surface area is 76.2 Å². The first-order valence-electron chi connectivity index (χ1n) is 4.23. The summed E-state index contributed by atoms with van der Waals surface area (Å²) in [7, 11) is 0. The minimum Gasteiger partial charge on any atom is -0.461 e. The molecule has 1 aromatic carbocycles. The fourth-order valence-corrected chi connectivity index (χ4v) is 1.56. The lowest BCUT2D eigenvalue weighted by atomic mass is 10.1. The first kappa shape index (κ1) is 8.05. The Balaban J connectivity index is 2.70. The summed E-state index contributed by atoms with van der Waals surface area (Å²) in [5, 5.41) is 1.05. The highest BCUT2D eigenvalue weighted by Gasteiger charge is 2.08. The first-order chi connectivity index (χ1) is 6.33. The lowest BCUT2D eigenvalue weighted by molar-refractivity contribution is -0.107. The molecule has 1 aromatic heterocycles. The monoisotopic (exact) mass is 174 g/mol. The van der Waals surface area contributed by atoms with Crippen LogP contribution in [0.4, 0.5) is 0 Å². The highest BCUT2D eigenvalue weighted by atomic mass is 16.3. The predicted octanol–water partition coefficient (Wildman–Crippen LogP) is 2.48. The number of fused-ring (bicyclic) bond motifs is 1. The van der Waals surface area contributed by atoms with E-state index in [-0.39, 0.29) is 0 Å². The van der Waals surface area contributed by atoms with Crippen LogP contribution in [0.25, 0.3) is 11.0 Å². The van der Waals surface area contributed by atoms with Gasteiger partial charge in [0, 0.05) is 17.4 Å². The second kappa shape index (κ2) is 3.05. The van der Waals surface area contributed by atoms with Gasteiger partial charge in [-0.15, -0.1) is 0 Å². The fourth-order valence-electron chi connectivity index (χ4n) is 1.56. The van der Waals surface area contributed by atoms with Crippen LogP contribution in [0.5, 0.6) is 0 Å². The van der Waals surface area contributed by atoms with E-state index in [1.807, 2.05) is 31.2 Å². The Hall–Kier alpha value is -1.57. The van der Waals surface area contributed by atoms with Gasteiger partial charge in [-0.1, -0.05) is 18.2 Å². The molecule has 0 aliphatic carbocycles. The number of furan rings is 1. The van der Waals surface area contributed by atoms with Gasteiger partial charge in [-0.05, 0) is 13.0 Å². The summed E-state index contributed by atoms with van der Waals surface area (Å²) in [4.78, 5) is 10.4. The molecular weight excluding hydrogens is 164 g/mol. The molecule has 2 nitrogen and oxygen atoms in total. The van der Waals surface area contributed by atoms with E-state index in [1.165, 1.54) is 0 Å². The van der Waals surface area contributed by atoms with E-state index in [4.69, 9.17) is 4.42 Å². The lowest BCUT2D eigenvalue weighted by Crippen LogP contribution is -1.85. The third-order valence-electron chi connectivity index (χ3n) is 2.19. The SMILES string of the molecule is Cc1oc2ccccc2c1CC=O. The number of aryl methyl sites for hydroxylation is 1. The van der Waals surface area contributed by atoms with E-state index in [1.54, 1.807) is 0 Å². The van der Waals surface area contributed by atoms with Crippen LogP contribution < -0.4 is 0 Å². The molecule has 0 atom stereocenters. The molecule has 0 spiro atoms. The topological polar surface area (TPSA) is 30.2 Å². The van der Waals surface area contributed by atoms with Crippen molar-refractivity contribution in [2.75, 3.05) is 0 Å². The van der Waals surface area contributed by atoms with E-state index in [2.05, 4.69) is 0 Å². The molecule has 13 heavy (non-hydrogen) atoms. The van der Waals surface area contributed by atoms with Gasteiger partial charge in [0.25, 0.3) is 0 Å². The van der Waals surface area contributed by atoms with Gasteiger partial charge < -0.3 is 9.21 Å². The molecule has 0 saturated carbocycles. The van der Waals surface area contributed by atoms with Gasteiger partial charge in [0.05, 0.1) is 0 Å². The summed E-state index contributed by atoms with van der Waals surface area (Å²) in [6.07, 6.45) is 1.34. The van der Waals surface area contributed by atoms with Crippen molar-refractivity contribution < 1.29 is 9.21 Å². The highest BCUT2D eigenvalue weighted by molar-refractivity contribution is 5.84. The maximum atomic E-state index is 10.4. The second-order valence-corrected chi connectivity index (χ2v) is 3.00. The molecule has 0 saturated heterocycles. The molecule has 0 N–H and O–H groups in total. The lowest BCUT2D eigenvalue weighted by Gasteiger charge is -1.90. The van der Waals surface area contributed by atoms with Gasteiger partial charge in [0.1, 0.15) is 17.6 Å². The van der Waals surface area contributed by atoms with Crippen LogP contribution >= 0.6 is 0 Å². The maximum Gasteiger partial charge on any atom is 0.134 e. The van der Waals surface area contributed by atoms with E-state index in [9.17, 15) is 4.79 Å². The van der Waals surface area contributed by atoms with E-state index in [0.717, 1.165) is 28.6 Å². The molecule has 66 valence electrons. The zero-order valence-corrected chi connectivity index (χ0v) is 7.41. The zero-order chi connectivity index (χ0) is 9.26. The average Bonchev–Trinajstić information content (AvgIpc) is 2.44. The van der Waals surface area contributed by atoms with Gasteiger partial charge in [0.2, 0.25) is 0 Å². The Morgan fingerprint density at radius 1 is 1.38 bits per heavy atom. The van der Waals surface area contributed by atoms with Crippen molar-refractivity contribution in [1.82, 2.24) is 0 Å². The van der Waals surface area contributed by atoms with E-state index >= 15 is 0 Å². The summed E-state index contributed by atoms with van der Waals surface area (Å²) < 4.78 is 5.49. The molecule has 0 aliphatic rings. The van der Waals surface area contributed by atoms with Gasteiger partial charge in [0.15, 0.2) is 0 Å². The summed E-state index contributed by atoms with van der Waals surface area (Å²) in [6, 6.07) is 7.77. The van der Waals surface area contributed by atoms with Gasteiger partial charge in [-0.3, -0.25) is 0 Å². The van der Waals surface area contributed by atoms with Gasteiger partial charge in [-0.25, -0.2) is 0 Å². The van der Waals surface area contributed by atoms with Crippen molar-refractivity contribution in [3.8, 4) is 0 Å². The second-order valence-electron chi connectivity index (χ2n) is 3.00. The summed E-state index contributed by atoms with van der Waals surface area (Å²) in [5.74, 6) is 0.841. The van der Waals surface area contributed by atoms with Crippen LogP contribution in [0.1, 0.15) is 11.3 Å². The minimum atomic E-state index is 0.433. The van der Waals surface area contributed by atoms with Crippen molar-refractivity contribution in [2.24, 2.45) is 0 Å². The number of para-hydroxylation sites is 1. The molecule has 0 amide bonds. The Morgan fingerprint density at radius 2 is 2.15 bits per heavy atom. The Morgan fingerprint density at radius 3 is 2.92 bits per heavy atom.